The Labute approximate surface area is 119 Å². The summed E-state index contributed by atoms with van der Waals surface area (Å²) in [4.78, 5) is 14.3. The maximum atomic E-state index is 8.92. The fraction of sp³-hybridized carbons (Fsp3) is 0.364. The standard InChI is InChI=1S/C11H10ClN7O/c12-9-15-10(18-4-5-20-8(6-13)7-18)17-11(16-9)19-3-1-2-14-19/h1-3,8H,4-5,7H2. The highest BCUT2D eigenvalue weighted by molar-refractivity contribution is 6.28. The van der Waals surface area contributed by atoms with Crippen LogP contribution < -0.4 is 4.90 Å². The molecule has 1 fully saturated rings. The number of hydrogen-bond acceptors (Lipinski definition) is 7. The van der Waals surface area contributed by atoms with Crippen molar-refractivity contribution in [2.24, 2.45) is 0 Å². The molecule has 0 aliphatic carbocycles. The number of hydrogen-bond donors (Lipinski definition) is 0. The molecule has 102 valence electrons. The molecule has 8 nitrogen and oxygen atoms in total. The molecule has 0 saturated carbocycles. The molecule has 0 N–H and O–H groups in total. The van der Waals surface area contributed by atoms with Crippen LogP contribution in [0.1, 0.15) is 0 Å². The number of ether oxygens (including phenoxy) is 1. The fourth-order valence-electron chi connectivity index (χ4n) is 1.87. The number of aromatic nitrogens is 5. The van der Waals surface area contributed by atoms with Crippen LogP contribution >= 0.6 is 11.6 Å². The van der Waals surface area contributed by atoms with Gasteiger partial charge in [-0.3, -0.25) is 0 Å². The quantitative estimate of drug-likeness (QED) is 0.792. The number of anilines is 1. The zero-order chi connectivity index (χ0) is 13.9. The van der Waals surface area contributed by atoms with Crippen LogP contribution in [-0.2, 0) is 4.74 Å². The van der Waals surface area contributed by atoms with Crippen molar-refractivity contribution in [3.8, 4) is 12.0 Å². The van der Waals surface area contributed by atoms with E-state index in [2.05, 4.69) is 26.1 Å². The monoisotopic (exact) mass is 291 g/mol. The van der Waals surface area contributed by atoms with Gasteiger partial charge in [-0.25, -0.2) is 4.68 Å². The third-order valence-electron chi connectivity index (χ3n) is 2.79. The minimum Gasteiger partial charge on any atom is -0.360 e. The molecule has 20 heavy (non-hydrogen) atoms. The van der Waals surface area contributed by atoms with Crippen molar-refractivity contribution in [1.29, 1.82) is 5.26 Å². The van der Waals surface area contributed by atoms with Gasteiger partial charge in [0.2, 0.25) is 11.2 Å². The van der Waals surface area contributed by atoms with Gasteiger partial charge in [0.05, 0.1) is 19.2 Å². The summed E-state index contributed by atoms with van der Waals surface area (Å²) in [6.45, 7) is 1.44. The molecule has 3 rings (SSSR count). The smallest absolute Gasteiger partial charge is 0.256 e. The van der Waals surface area contributed by atoms with Crippen LogP contribution in [0.5, 0.6) is 0 Å². The maximum absolute atomic E-state index is 8.92. The molecule has 1 saturated heterocycles. The molecule has 3 heterocycles. The van der Waals surface area contributed by atoms with Gasteiger partial charge in [0, 0.05) is 18.9 Å². The molecular formula is C11H10ClN7O. The van der Waals surface area contributed by atoms with Crippen LogP contribution in [0.3, 0.4) is 0 Å². The third-order valence-corrected chi connectivity index (χ3v) is 2.96. The minimum atomic E-state index is -0.493. The topological polar surface area (TPSA) is 92.8 Å². The molecule has 0 aromatic carbocycles. The van der Waals surface area contributed by atoms with Crippen LogP contribution in [-0.4, -0.2) is 50.5 Å². The van der Waals surface area contributed by atoms with E-state index in [0.717, 1.165) is 0 Å². The average molecular weight is 292 g/mol. The Balaban J connectivity index is 1.92. The van der Waals surface area contributed by atoms with E-state index in [4.69, 9.17) is 21.6 Å². The predicted molar refractivity (Wildman–Crippen MR) is 69.5 cm³/mol. The Hall–Kier alpha value is -2.24. The van der Waals surface area contributed by atoms with Gasteiger partial charge in [-0.05, 0) is 17.7 Å². The molecule has 1 aliphatic rings. The van der Waals surface area contributed by atoms with Crippen LogP contribution in [0, 0.1) is 11.3 Å². The largest absolute Gasteiger partial charge is 0.360 e. The number of morpholine rings is 1. The number of rotatable bonds is 2. The van der Waals surface area contributed by atoms with Gasteiger partial charge in [0.15, 0.2) is 6.10 Å². The second-order valence-electron chi connectivity index (χ2n) is 4.09. The molecule has 1 aliphatic heterocycles. The molecule has 1 atom stereocenters. The van der Waals surface area contributed by atoms with Crippen molar-refractivity contribution in [3.05, 3.63) is 23.7 Å². The lowest BCUT2D eigenvalue weighted by molar-refractivity contribution is 0.0758. The van der Waals surface area contributed by atoms with E-state index >= 15 is 0 Å². The molecule has 1 unspecified atom stereocenters. The zero-order valence-electron chi connectivity index (χ0n) is 10.3. The van der Waals surface area contributed by atoms with Gasteiger partial charge in [-0.15, -0.1) is 0 Å². The molecule has 0 spiro atoms. The summed E-state index contributed by atoms with van der Waals surface area (Å²) in [6, 6.07) is 3.84. The molecule has 2 aromatic rings. The second kappa shape index (κ2) is 5.40. The normalized spacial score (nSPS) is 18.8. The highest BCUT2D eigenvalue weighted by Gasteiger charge is 2.23. The van der Waals surface area contributed by atoms with Crippen LogP contribution in [0.4, 0.5) is 5.95 Å². The van der Waals surface area contributed by atoms with E-state index in [9.17, 15) is 0 Å². The first-order valence-electron chi connectivity index (χ1n) is 5.94. The highest BCUT2D eigenvalue weighted by Crippen LogP contribution is 2.16. The fourth-order valence-corrected chi connectivity index (χ4v) is 2.02. The van der Waals surface area contributed by atoms with E-state index in [0.29, 0.717) is 31.6 Å². The Kier molecular flexibility index (Phi) is 3.45. The Morgan fingerprint density at radius 1 is 1.35 bits per heavy atom. The summed E-state index contributed by atoms with van der Waals surface area (Å²) in [5, 5.41) is 13.1. The van der Waals surface area contributed by atoms with E-state index in [1.54, 1.807) is 18.5 Å². The second-order valence-corrected chi connectivity index (χ2v) is 4.43. The van der Waals surface area contributed by atoms with E-state index in [1.165, 1.54) is 4.68 Å². The first-order valence-corrected chi connectivity index (χ1v) is 6.32. The van der Waals surface area contributed by atoms with Crippen molar-refractivity contribution in [2.75, 3.05) is 24.6 Å². The molecule has 0 amide bonds. The molecular weight excluding hydrogens is 282 g/mol. The average Bonchev–Trinajstić information content (AvgIpc) is 3.01. The summed E-state index contributed by atoms with van der Waals surface area (Å²) < 4.78 is 6.79. The van der Waals surface area contributed by atoms with Crippen molar-refractivity contribution >= 4 is 17.5 Å². The highest BCUT2D eigenvalue weighted by atomic mass is 35.5. The Morgan fingerprint density at radius 3 is 2.95 bits per heavy atom. The van der Waals surface area contributed by atoms with Crippen molar-refractivity contribution in [3.63, 3.8) is 0 Å². The van der Waals surface area contributed by atoms with Gasteiger partial charge >= 0.3 is 0 Å². The predicted octanol–water partition coefficient (Wildman–Crippen LogP) is 0.439. The van der Waals surface area contributed by atoms with Crippen molar-refractivity contribution < 1.29 is 4.74 Å². The third kappa shape index (κ3) is 2.54. The molecule has 2 aromatic heterocycles. The van der Waals surface area contributed by atoms with E-state index < -0.39 is 6.10 Å². The lowest BCUT2D eigenvalue weighted by Gasteiger charge is -2.29. The number of nitrogens with zero attached hydrogens (tertiary/aromatic N) is 7. The van der Waals surface area contributed by atoms with E-state index in [1.807, 2.05) is 4.90 Å². The number of nitriles is 1. The van der Waals surface area contributed by atoms with Crippen molar-refractivity contribution in [2.45, 2.75) is 6.10 Å². The van der Waals surface area contributed by atoms with Gasteiger partial charge in [0.1, 0.15) is 0 Å². The summed E-state index contributed by atoms with van der Waals surface area (Å²) in [5.74, 6) is 0.754. The van der Waals surface area contributed by atoms with Crippen LogP contribution in [0.15, 0.2) is 18.5 Å². The molecule has 9 heteroatoms. The molecule has 0 bridgehead atoms. The molecule has 0 radical (unpaired) electrons. The van der Waals surface area contributed by atoms with Crippen LogP contribution in [0.2, 0.25) is 5.28 Å². The van der Waals surface area contributed by atoms with E-state index in [-0.39, 0.29) is 5.28 Å². The van der Waals surface area contributed by atoms with Gasteiger partial charge in [-0.2, -0.15) is 25.3 Å². The summed E-state index contributed by atoms with van der Waals surface area (Å²) in [6.07, 6.45) is 2.84. The SMILES string of the molecule is N#CC1CN(c2nc(Cl)nc(-n3cccn3)n2)CCO1. The van der Waals surface area contributed by atoms with Gasteiger partial charge in [0.25, 0.3) is 5.95 Å². The summed E-state index contributed by atoms with van der Waals surface area (Å²) >= 11 is 5.93. The number of halogens is 1. The lowest BCUT2D eigenvalue weighted by atomic mass is 10.3. The first-order chi connectivity index (χ1) is 9.76. The zero-order valence-corrected chi connectivity index (χ0v) is 11.1. The Bertz CT molecular complexity index is 639. The minimum absolute atomic E-state index is 0.0838. The first kappa shape index (κ1) is 12.8. The van der Waals surface area contributed by atoms with Crippen molar-refractivity contribution in [1.82, 2.24) is 24.7 Å². The summed E-state index contributed by atoms with van der Waals surface area (Å²) in [5.41, 5.74) is 0. The lowest BCUT2D eigenvalue weighted by Crippen LogP contribution is -2.42. The van der Waals surface area contributed by atoms with Gasteiger partial charge < -0.3 is 9.64 Å². The Morgan fingerprint density at radius 2 is 2.20 bits per heavy atom. The maximum Gasteiger partial charge on any atom is 0.256 e. The van der Waals surface area contributed by atoms with Crippen LogP contribution in [0.25, 0.3) is 5.95 Å². The van der Waals surface area contributed by atoms with Gasteiger partial charge in [-0.1, -0.05) is 0 Å². The summed E-state index contributed by atoms with van der Waals surface area (Å²) in [7, 11) is 0.